The van der Waals surface area contributed by atoms with Gasteiger partial charge in [0, 0.05) is 35.6 Å². The molecule has 5 heteroatoms. The maximum atomic E-state index is 13.0. The third-order valence-electron chi connectivity index (χ3n) is 7.25. The second kappa shape index (κ2) is 7.20. The van der Waals surface area contributed by atoms with E-state index < -0.39 is 6.10 Å². The van der Waals surface area contributed by atoms with E-state index in [2.05, 4.69) is 41.2 Å². The van der Waals surface area contributed by atoms with Crippen LogP contribution in [0.4, 0.5) is 0 Å². The van der Waals surface area contributed by atoms with Crippen molar-refractivity contribution >= 4 is 16.9 Å². The molecule has 0 spiro atoms. The molecular weight excluding hydrogens is 352 g/mol. The lowest BCUT2D eigenvalue weighted by Gasteiger charge is -2.46. The van der Waals surface area contributed by atoms with E-state index in [0.29, 0.717) is 12.0 Å². The van der Waals surface area contributed by atoms with Crippen molar-refractivity contribution in [3.63, 3.8) is 0 Å². The minimum atomic E-state index is -0.498. The SMILES string of the molecule is CCN1CC(C(=O)OC2CCCCC2O)CC2c3cccc4[nH]cc(c34)C[C@H]21. The van der Waals surface area contributed by atoms with E-state index in [-0.39, 0.29) is 18.0 Å². The molecule has 5 nitrogen and oxygen atoms in total. The maximum Gasteiger partial charge on any atom is 0.310 e. The summed E-state index contributed by atoms with van der Waals surface area (Å²) in [6, 6.07) is 6.95. The van der Waals surface area contributed by atoms with Crippen molar-refractivity contribution in [3.8, 4) is 0 Å². The van der Waals surface area contributed by atoms with Crippen LogP contribution in [0.2, 0.25) is 0 Å². The molecule has 4 unspecified atom stereocenters. The summed E-state index contributed by atoms with van der Waals surface area (Å²) in [5.41, 5.74) is 3.97. The number of nitrogens with zero attached hydrogens (tertiary/aromatic N) is 1. The number of carbonyl (C=O) groups excluding carboxylic acids is 1. The van der Waals surface area contributed by atoms with Gasteiger partial charge in [0.15, 0.2) is 0 Å². The molecule has 1 aromatic carbocycles. The van der Waals surface area contributed by atoms with Gasteiger partial charge in [-0.05, 0) is 55.8 Å². The second-order valence-electron chi connectivity index (χ2n) is 8.81. The number of aromatic nitrogens is 1. The molecule has 150 valence electrons. The summed E-state index contributed by atoms with van der Waals surface area (Å²) in [7, 11) is 0. The number of rotatable bonds is 3. The molecule has 2 aromatic rings. The van der Waals surface area contributed by atoms with Crippen LogP contribution in [0.3, 0.4) is 0 Å². The minimum Gasteiger partial charge on any atom is -0.459 e. The first-order valence-corrected chi connectivity index (χ1v) is 10.9. The number of piperidine rings is 1. The number of carbonyl (C=O) groups is 1. The highest BCUT2D eigenvalue weighted by Crippen LogP contribution is 2.45. The third-order valence-corrected chi connectivity index (χ3v) is 7.25. The normalized spacial score (nSPS) is 32.9. The third kappa shape index (κ3) is 2.96. The maximum absolute atomic E-state index is 13.0. The highest BCUT2D eigenvalue weighted by atomic mass is 16.6. The molecule has 2 heterocycles. The van der Waals surface area contributed by atoms with Crippen LogP contribution in [0.15, 0.2) is 24.4 Å². The first-order valence-electron chi connectivity index (χ1n) is 10.9. The van der Waals surface area contributed by atoms with Crippen molar-refractivity contribution in [1.82, 2.24) is 9.88 Å². The average Bonchev–Trinajstić information content (AvgIpc) is 3.13. The lowest BCUT2D eigenvalue weighted by atomic mass is 9.72. The largest absolute Gasteiger partial charge is 0.459 e. The summed E-state index contributed by atoms with van der Waals surface area (Å²) in [5, 5.41) is 11.6. The molecule has 2 fully saturated rings. The van der Waals surface area contributed by atoms with Crippen LogP contribution in [-0.4, -0.2) is 52.3 Å². The molecule has 1 saturated carbocycles. The zero-order valence-electron chi connectivity index (χ0n) is 16.6. The van der Waals surface area contributed by atoms with Crippen molar-refractivity contribution in [3.05, 3.63) is 35.5 Å². The van der Waals surface area contributed by atoms with E-state index in [0.717, 1.165) is 51.6 Å². The van der Waals surface area contributed by atoms with Crippen LogP contribution in [0.1, 0.15) is 56.1 Å². The lowest BCUT2D eigenvalue weighted by Crippen LogP contribution is -2.52. The molecular formula is C23H30N2O3. The summed E-state index contributed by atoms with van der Waals surface area (Å²) in [6.45, 7) is 3.88. The first-order chi connectivity index (χ1) is 13.7. The number of likely N-dealkylation sites (N-methyl/N-ethyl adjacent to an activating group) is 1. The van der Waals surface area contributed by atoms with E-state index in [1.807, 2.05) is 0 Å². The summed E-state index contributed by atoms with van der Waals surface area (Å²) < 4.78 is 5.82. The Morgan fingerprint density at radius 3 is 3.00 bits per heavy atom. The summed E-state index contributed by atoms with van der Waals surface area (Å²) in [4.78, 5) is 18.9. The second-order valence-corrected chi connectivity index (χ2v) is 8.81. The number of ether oxygens (including phenoxy) is 1. The molecule has 2 N–H and O–H groups in total. The van der Waals surface area contributed by atoms with E-state index in [1.54, 1.807) is 0 Å². The summed E-state index contributed by atoms with van der Waals surface area (Å²) >= 11 is 0. The predicted octanol–water partition coefficient (Wildman–Crippen LogP) is 3.36. The minimum absolute atomic E-state index is 0.116. The standard InChI is InChI=1S/C23H30N2O3/c1-2-25-13-15(23(27)28-21-9-4-3-8-20(21)26)10-17-16-6-5-7-18-22(16)14(12-24-18)11-19(17)25/h5-7,12,15,17,19-21,24,26H,2-4,8-11,13H2,1H3/t15?,17?,19-,20?,21?/m1/s1. The Balaban J connectivity index is 1.41. The number of aliphatic hydroxyl groups is 1. The van der Waals surface area contributed by atoms with Crippen molar-refractivity contribution in [2.75, 3.05) is 13.1 Å². The van der Waals surface area contributed by atoms with Crippen LogP contribution in [0, 0.1) is 5.92 Å². The zero-order valence-corrected chi connectivity index (χ0v) is 16.6. The predicted molar refractivity (Wildman–Crippen MR) is 108 cm³/mol. The van der Waals surface area contributed by atoms with E-state index >= 15 is 0 Å². The van der Waals surface area contributed by atoms with Gasteiger partial charge in [-0.25, -0.2) is 0 Å². The average molecular weight is 383 g/mol. The van der Waals surface area contributed by atoms with Gasteiger partial charge in [-0.15, -0.1) is 0 Å². The number of likely N-dealkylation sites (tertiary alicyclic amines) is 1. The van der Waals surface area contributed by atoms with Gasteiger partial charge < -0.3 is 14.8 Å². The molecule has 0 amide bonds. The van der Waals surface area contributed by atoms with Gasteiger partial charge in [-0.3, -0.25) is 9.69 Å². The van der Waals surface area contributed by atoms with Gasteiger partial charge in [0.2, 0.25) is 0 Å². The highest BCUT2D eigenvalue weighted by Gasteiger charge is 2.43. The number of benzene rings is 1. The van der Waals surface area contributed by atoms with Gasteiger partial charge in [0.25, 0.3) is 0 Å². The van der Waals surface area contributed by atoms with E-state index in [1.165, 1.54) is 22.0 Å². The van der Waals surface area contributed by atoms with Crippen LogP contribution >= 0.6 is 0 Å². The molecule has 5 atom stereocenters. The van der Waals surface area contributed by atoms with Gasteiger partial charge >= 0.3 is 5.97 Å². The molecule has 0 bridgehead atoms. The molecule has 2 aliphatic carbocycles. The number of aliphatic hydroxyl groups excluding tert-OH is 1. The fraction of sp³-hybridized carbons (Fsp3) is 0.609. The first kappa shape index (κ1) is 18.2. The number of aromatic amines is 1. The number of hydrogen-bond donors (Lipinski definition) is 2. The number of H-pyrrole nitrogens is 1. The van der Waals surface area contributed by atoms with E-state index in [4.69, 9.17) is 4.74 Å². The fourth-order valence-electron chi connectivity index (χ4n) is 5.79. The fourth-order valence-corrected chi connectivity index (χ4v) is 5.79. The number of hydrogen-bond acceptors (Lipinski definition) is 4. The number of esters is 1. The Labute approximate surface area is 166 Å². The van der Waals surface area contributed by atoms with Crippen molar-refractivity contribution in [1.29, 1.82) is 0 Å². The molecule has 1 aliphatic heterocycles. The van der Waals surface area contributed by atoms with Gasteiger partial charge in [0.05, 0.1) is 12.0 Å². The van der Waals surface area contributed by atoms with Crippen LogP contribution in [-0.2, 0) is 16.0 Å². The van der Waals surface area contributed by atoms with Crippen molar-refractivity contribution < 1.29 is 14.6 Å². The van der Waals surface area contributed by atoms with Crippen LogP contribution in [0.25, 0.3) is 10.9 Å². The Morgan fingerprint density at radius 2 is 2.18 bits per heavy atom. The smallest absolute Gasteiger partial charge is 0.310 e. The monoisotopic (exact) mass is 382 g/mol. The molecule has 3 aliphatic rings. The molecule has 1 aromatic heterocycles. The Kier molecular flexibility index (Phi) is 4.68. The van der Waals surface area contributed by atoms with Crippen LogP contribution < -0.4 is 0 Å². The van der Waals surface area contributed by atoms with Crippen molar-refractivity contribution in [2.45, 2.75) is 69.6 Å². The van der Waals surface area contributed by atoms with Gasteiger partial charge in [-0.1, -0.05) is 25.5 Å². The number of fused-ring (bicyclic) bond motifs is 2. The molecule has 0 radical (unpaired) electrons. The van der Waals surface area contributed by atoms with E-state index in [9.17, 15) is 9.90 Å². The number of nitrogens with one attached hydrogen (secondary N) is 1. The lowest BCUT2D eigenvalue weighted by molar-refractivity contribution is -0.165. The van der Waals surface area contributed by atoms with Crippen LogP contribution in [0.5, 0.6) is 0 Å². The summed E-state index contributed by atoms with van der Waals surface area (Å²) in [6.07, 6.45) is 6.80. The Morgan fingerprint density at radius 1 is 1.32 bits per heavy atom. The molecule has 5 rings (SSSR count). The topological polar surface area (TPSA) is 65.6 Å². The van der Waals surface area contributed by atoms with Gasteiger partial charge in [-0.2, -0.15) is 0 Å². The van der Waals surface area contributed by atoms with Gasteiger partial charge in [0.1, 0.15) is 6.10 Å². The van der Waals surface area contributed by atoms with Crippen molar-refractivity contribution in [2.24, 2.45) is 5.92 Å². The Bertz CT molecular complexity index is 876. The molecule has 28 heavy (non-hydrogen) atoms. The quantitative estimate of drug-likeness (QED) is 0.799. The molecule has 1 saturated heterocycles. The summed E-state index contributed by atoms with van der Waals surface area (Å²) in [5.74, 6) is 0.121. The zero-order chi connectivity index (χ0) is 19.3. The highest BCUT2D eigenvalue weighted by molar-refractivity contribution is 5.88. The Hall–Kier alpha value is -1.85.